The van der Waals surface area contributed by atoms with Crippen molar-refractivity contribution in [2.75, 3.05) is 11.5 Å². The number of anilines is 2. The molecule has 0 radical (unpaired) electrons. The molecule has 0 unspecified atom stereocenters. The minimum Gasteiger partial charge on any atom is -0.399 e. The SMILES string of the molecule is N#Cc1ncn(-c2ccc(N)cc2)c1N. The van der Waals surface area contributed by atoms with E-state index in [0.29, 0.717) is 11.5 Å². The highest BCUT2D eigenvalue weighted by Crippen LogP contribution is 2.17. The molecule has 0 aliphatic heterocycles. The van der Waals surface area contributed by atoms with Crippen molar-refractivity contribution in [1.29, 1.82) is 5.26 Å². The molecule has 0 amide bonds. The van der Waals surface area contributed by atoms with Gasteiger partial charge < -0.3 is 11.5 Å². The van der Waals surface area contributed by atoms with E-state index in [4.69, 9.17) is 16.7 Å². The number of imidazole rings is 1. The van der Waals surface area contributed by atoms with Crippen LogP contribution in [0.2, 0.25) is 0 Å². The third kappa shape index (κ3) is 1.48. The van der Waals surface area contributed by atoms with Gasteiger partial charge in [0.2, 0.25) is 0 Å². The lowest BCUT2D eigenvalue weighted by molar-refractivity contribution is 1.07. The van der Waals surface area contributed by atoms with Gasteiger partial charge in [-0.05, 0) is 24.3 Å². The fourth-order valence-corrected chi connectivity index (χ4v) is 1.28. The number of benzene rings is 1. The van der Waals surface area contributed by atoms with Crippen LogP contribution in [0.25, 0.3) is 5.69 Å². The van der Waals surface area contributed by atoms with Crippen LogP contribution in [0.3, 0.4) is 0 Å². The maximum atomic E-state index is 8.70. The Morgan fingerprint density at radius 1 is 1.20 bits per heavy atom. The predicted octanol–water partition coefficient (Wildman–Crippen LogP) is 0.908. The van der Waals surface area contributed by atoms with E-state index in [-0.39, 0.29) is 5.69 Å². The van der Waals surface area contributed by atoms with Crippen LogP contribution in [0.15, 0.2) is 30.6 Å². The number of nitrogens with zero attached hydrogens (tertiary/aromatic N) is 3. The molecule has 74 valence electrons. The molecular weight excluding hydrogens is 190 g/mol. The smallest absolute Gasteiger partial charge is 0.182 e. The highest BCUT2D eigenvalue weighted by Gasteiger charge is 2.07. The van der Waals surface area contributed by atoms with Crippen LogP contribution < -0.4 is 11.5 Å². The predicted molar refractivity (Wildman–Crippen MR) is 57.1 cm³/mol. The second kappa shape index (κ2) is 3.35. The van der Waals surface area contributed by atoms with Gasteiger partial charge in [0, 0.05) is 11.4 Å². The van der Waals surface area contributed by atoms with Gasteiger partial charge in [0.25, 0.3) is 0 Å². The molecule has 1 aromatic heterocycles. The number of hydrogen-bond acceptors (Lipinski definition) is 4. The van der Waals surface area contributed by atoms with E-state index in [1.165, 1.54) is 6.33 Å². The van der Waals surface area contributed by atoms with Crippen molar-refractivity contribution >= 4 is 11.5 Å². The molecule has 0 aliphatic rings. The summed E-state index contributed by atoms with van der Waals surface area (Å²) in [6, 6.07) is 9.07. The zero-order valence-corrected chi connectivity index (χ0v) is 7.88. The lowest BCUT2D eigenvalue weighted by atomic mass is 10.3. The Kier molecular flexibility index (Phi) is 2.03. The minimum atomic E-state index is 0.229. The normalized spacial score (nSPS) is 9.80. The van der Waals surface area contributed by atoms with E-state index >= 15 is 0 Å². The Morgan fingerprint density at radius 3 is 2.40 bits per heavy atom. The standard InChI is InChI=1S/C10H9N5/c11-5-9-10(13)15(6-14-9)8-3-1-7(12)2-4-8/h1-4,6H,12-13H2. The Hall–Kier alpha value is -2.48. The van der Waals surface area contributed by atoms with Crippen LogP contribution >= 0.6 is 0 Å². The second-order valence-electron chi connectivity index (χ2n) is 3.05. The molecule has 0 bridgehead atoms. The number of rotatable bonds is 1. The third-order valence-corrected chi connectivity index (χ3v) is 2.08. The highest BCUT2D eigenvalue weighted by atomic mass is 15.1. The zero-order chi connectivity index (χ0) is 10.8. The quantitative estimate of drug-likeness (QED) is 0.667. The topological polar surface area (TPSA) is 93.6 Å². The summed E-state index contributed by atoms with van der Waals surface area (Å²) in [7, 11) is 0. The largest absolute Gasteiger partial charge is 0.399 e. The van der Waals surface area contributed by atoms with Gasteiger partial charge in [-0.25, -0.2) is 4.98 Å². The van der Waals surface area contributed by atoms with Crippen molar-refractivity contribution in [3.63, 3.8) is 0 Å². The van der Waals surface area contributed by atoms with Crippen LogP contribution in [-0.2, 0) is 0 Å². The van der Waals surface area contributed by atoms with Crippen molar-refractivity contribution in [1.82, 2.24) is 9.55 Å². The van der Waals surface area contributed by atoms with Crippen molar-refractivity contribution < 1.29 is 0 Å². The average Bonchev–Trinajstić information content (AvgIpc) is 2.61. The second-order valence-corrected chi connectivity index (χ2v) is 3.05. The van der Waals surface area contributed by atoms with Gasteiger partial charge in [-0.2, -0.15) is 5.26 Å². The first-order chi connectivity index (χ1) is 7.22. The van der Waals surface area contributed by atoms with Crippen molar-refractivity contribution in [3.05, 3.63) is 36.3 Å². The van der Waals surface area contributed by atoms with Crippen LogP contribution in [0, 0.1) is 11.3 Å². The molecule has 15 heavy (non-hydrogen) atoms. The zero-order valence-electron chi connectivity index (χ0n) is 7.88. The fraction of sp³-hybridized carbons (Fsp3) is 0. The number of hydrogen-bond donors (Lipinski definition) is 2. The lowest BCUT2D eigenvalue weighted by Gasteiger charge is -2.04. The molecule has 0 saturated heterocycles. The lowest BCUT2D eigenvalue weighted by Crippen LogP contribution is -1.99. The molecule has 2 aromatic rings. The average molecular weight is 199 g/mol. The Morgan fingerprint density at radius 2 is 1.87 bits per heavy atom. The van der Waals surface area contributed by atoms with Gasteiger partial charge in [-0.3, -0.25) is 4.57 Å². The molecule has 0 saturated carbocycles. The van der Waals surface area contributed by atoms with E-state index in [2.05, 4.69) is 4.98 Å². The molecule has 5 nitrogen and oxygen atoms in total. The first-order valence-corrected chi connectivity index (χ1v) is 4.31. The minimum absolute atomic E-state index is 0.229. The van der Waals surface area contributed by atoms with E-state index in [1.54, 1.807) is 16.7 Å². The van der Waals surface area contributed by atoms with Crippen LogP contribution in [0.1, 0.15) is 5.69 Å². The molecule has 0 fully saturated rings. The van der Waals surface area contributed by atoms with Crippen molar-refractivity contribution in [2.45, 2.75) is 0 Å². The summed E-state index contributed by atoms with van der Waals surface area (Å²) < 4.78 is 1.64. The molecule has 0 spiro atoms. The van der Waals surface area contributed by atoms with Gasteiger partial charge >= 0.3 is 0 Å². The maximum Gasteiger partial charge on any atom is 0.182 e. The molecule has 0 aliphatic carbocycles. The number of nitriles is 1. The molecule has 1 heterocycles. The Bertz CT molecular complexity index is 518. The summed E-state index contributed by atoms with van der Waals surface area (Å²) in [5, 5.41) is 8.70. The summed E-state index contributed by atoms with van der Waals surface area (Å²) in [6.07, 6.45) is 1.51. The van der Waals surface area contributed by atoms with Crippen molar-refractivity contribution in [2.24, 2.45) is 0 Å². The summed E-state index contributed by atoms with van der Waals surface area (Å²) in [5.74, 6) is 0.335. The van der Waals surface area contributed by atoms with Crippen molar-refractivity contribution in [3.8, 4) is 11.8 Å². The summed E-state index contributed by atoms with van der Waals surface area (Å²) in [6.45, 7) is 0. The van der Waals surface area contributed by atoms with E-state index in [1.807, 2.05) is 18.2 Å². The first-order valence-electron chi connectivity index (χ1n) is 4.31. The number of aromatic nitrogens is 2. The summed E-state index contributed by atoms with van der Waals surface area (Å²) in [5.41, 5.74) is 13.0. The molecular formula is C10H9N5. The maximum absolute atomic E-state index is 8.70. The van der Waals surface area contributed by atoms with Crippen LogP contribution in [0.4, 0.5) is 11.5 Å². The highest BCUT2D eigenvalue weighted by molar-refractivity contribution is 5.53. The van der Waals surface area contributed by atoms with Gasteiger partial charge in [-0.15, -0.1) is 0 Å². The van der Waals surface area contributed by atoms with Crippen LogP contribution in [0.5, 0.6) is 0 Å². The fourth-order valence-electron chi connectivity index (χ4n) is 1.28. The Labute approximate surface area is 86.6 Å². The van der Waals surface area contributed by atoms with E-state index in [9.17, 15) is 0 Å². The summed E-state index contributed by atoms with van der Waals surface area (Å²) in [4.78, 5) is 3.88. The molecule has 4 N–H and O–H groups in total. The summed E-state index contributed by atoms with van der Waals surface area (Å²) >= 11 is 0. The number of nitrogen functional groups attached to an aromatic ring is 2. The van der Waals surface area contributed by atoms with Crippen LogP contribution in [-0.4, -0.2) is 9.55 Å². The Balaban J connectivity index is 2.51. The van der Waals surface area contributed by atoms with Gasteiger partial charge in [0.15, 0.2) is 5.69 Å². The molecule has 5 heteroatoms. The number of nitrogens with two attached hydrogens (primary N) is 2. The first kappa shape index (κ1) is 9.09. The molecule has 0 atom stereocenters. The van der Waals surface area contributed by atoms with E-state index in [0.717, 1.165) is 5.69 Å². The third-order valence-electron chi connectivity index (χ3n) is 2.08. The molecule has 1 aromatic carbocycles. The van der Waals surface area contributed by atoms with Gasteiger partial charge in [0.1, 0.15) is 18.2 Å². The van der Waals surface area contributed by atoms with Gasteiger partial charge in [-0.1, -0.05) is 0 Å². The molecule has 2 rings (SSSR count). The monoisotopic (exact) mass is 199 g/mol. The van der Waals surface area contributed by atoms with Gasteiger partial charge in [0.05, 0.1) is 0 Å². The van der Waals surface area contributed by atoms with E-state index < -0.39 is 0 Å².